The highest BCUT2D eigenvalue weighted by molar-refractivity contribution is 7.08. The molecule has 21 heavy (non-hydrogen) atoms. The van der Waals surface area contributed by atoms with Crippen molar-refractivity contribution < 1.29 is 4.79 Å². The number of rotatable bonds is 3. The van der Waals surface area contributed by atoms with Gasteiger partial charge in [0, 0.05) is 18.3 Å². The van der Waals surface area contributed by atoms with Gasteiger partial charge in [0.1, 0.15) is 11.9 Å². The predicted octanol–water partition coefficient (Wildman–Crippen LogP) is 1.87. The van der Waals surface area contributed by atoms with E-state index in [2.05, 4.69) is 20.6 Å². The minimum absolute atomic E-state index is 0.0148. The Morgan fingerprint density at radius 1 is 1.43 bits per heavy atom. The van der Waals surface area contributed by atoms with Gasteiger partial charge in [0.25, 0.3) is 0 Å². The second-order valence-electron chi connectivity index (χ2n) is 4.99. The Hall–Kier alpha value is -2.15. The van der Waals surface area contributed by atoms with Crippen LogP contribution in [0.15, 0.2) is 23.0 Å². The molecule has 2 aromatic rings. The van der Waals surface area contributed by atoms with E-state index in [0.717, 1.165) is 36.9 Å². The number of aromatic nitrogens is 2. The zero-order valence-corrected chi connectivity index (χ0v) is 12.3. The number of hydrogen-bond acceptors (Lipinski definition) is 6. The maximum Gasteiger partial charge on any atom is 0.242 e. The summed E-state index contributed by atoms with van der Waals surface area (Å²) >= 11 is 1.60. The van der Waals surface area contributed by atoms with Gasteiger partial charge in [-0.25, -0.2) is 4.98 Å². The normalized spacial score (nSPS) is 18.9. The van der Waals surface area contributed by atoms with Gasteiger partial charge in [-0.3, -0.25) is 4.79 Å². The number of nitrogen functional groups attached to an aromatic ring is 1. The standard InChI is InChI=1S/C14H17N5OS/c15-14-17-7-10(9-4-6-21-8-9)12(19-14)18-11-3-1-2-5-16-13(11)20/h4,6-8,11H,1-3,5H2,(H,16,20)(H3,15,17,18,19). The Balaban J connectivity index is 1.90. The van der Waals surface area contributed by atoms with Crippen LogP contribution < -0.4 is 16.4 Å². The van der Waals surface area contributed by atoms with Crippen LogP contribution >= 0.6 is 11.3 Å². The second-order valence-corrected chi connectivity index (χ2v) is 5.77. The Morgan fingerprint density at radius 2 is 2.33 bits per heavy atom. The molecule has 0 aliphatic carbocycles. The van der Waals surface area contributed by atoms with Gasteiger partial charge >= 0.3 is 0 Å². The van der Waals surface area contributed by atoms with E-state index >= 15 is 0 Å². The minimum Gasteiger partial charge on any atom is -0.368 e. The highest BCUT2D eigenvalue weighted by atomic mass is 32.1. The molecule has 1 aliphatic heterocycles. The van der Waals surface area contributed by atoms with Crippen LogP contribution in [0.4, 0.5) is 11.8 Å². The average Bonchev–Trinajstić information content (AvgIpc) is 2.92. The van der Waals surface area contributed by atoms with Crippen molar-refractivity contribution in [2.24, 2.45) is 0 Å². The lowest BCUT2D eigenvalue weighted by Crippen LogP contribution is -2.38. The Labute approximate surface area is 126 Å². The average molecular weight is 303 g/mol. The molecule has 1 aliphatic rings. The number of hydrogen-bond donors (Lipinski definition) is 3. The van der Waals surface area contributed by atoms with Gasteiger partial charge in [0.15, 0.2) is 0 Å². The molecule has 0 spiro atoms. The molecule has 0 saturated carbocycles. The van der Waals surface area contributed by atoms with Crippen LogP contribution in [0.25, 0.3) is 11.1 Å². The maximum atomic E-state index is 12.1. The molecular formula is C14H17N5OS. The molecule has 1 saturated heterocycles. The van der Waals surface area contributed by atoms with Crippen LogP contribution in [0.3, 0.4) is 0 Å². The van der Waals surface area contributed by atoms with Crippen molar-refractivity contribution in [1.29, 1.82) is 0 Å². The van der Waals surface area contributed by atoms with E-state index in [1.807, 2.05) is 16.8 Å². The summed E-state index contributed by atoms with van der Waals surface area (Å²) < 4.78 is 0. The molecule has 2 aromatic heterocycles. The van der Waals surface area contributed by atoms with Crippen LogP contribution in [-0.4, -0.2) is 28.5 Å². The van der Waals surface area contributed by atoms with E-state index in [1.54, 1.807) is 17.5 Å². The van der Waals surface area contributed by atoms with E-state index in [-0.39, 0.29) is 17.9 Å². The number of carbonyl (C=O) groups excluding carboxylic acids is 1. The molecule has 1 unspecified atom stereocenters. The third kappa shape index (κ3) is 3.13. The summed E-state index contributed by atoms with van der Waals surface area (Å²) in [6.07, 6.45) is 4.50. The first-order valence-corrected chi connectivity index (χ1v) is 7.87. The fraction of sp³-hybridized carbons (Fsp3) is 0.357. The van der Waals surface area contributed by atoms with Gasteiger partial charge in [-0.2, -0.15) is 16.3 Å². The number of amides is 1. The summed E-state index contributed by atoms with van der Waals surface area (Å²) in [5, 5.41) is 10.2. The molecule has 110 valence electrons. The molecule has 1 amide bonds. The van der Waals surface area contributed by atoms with Crippen molar-refractivity contribution >= 4 is 29.0 Å². The molecule has 0 aromatic carbocycles. The van der Waals surface area contributed by atoms with Crippen LogP contribution in [0.1, 0.15) is 19.3 Å². The minimum atomic E-state index is -0.279. The highest BCUT2D eigenvalue weighted by Gasteiger charge is 2.22. The van der Waals surface area contributed by atoms with E-state index in [1.165, 1.54) is 0 Å². The molecule has 7 heteroatoms. The lowest BCUT2D eigenvalue weighted by molar-refractivity contribution is -0.121. The van der Waals surface area contributed by atoms with Gasteiger partial charge in [-0.05, 0) is 41.7 Å². The Kier molecular flexibility index (Phi) is 4.01. The van der Waals surface area contributed by atoms with Crippen molar-refractivity contribution in [2.45, 2.75) is 25.3 Å². The van der Waals surface area contributed by atoms with Crippen molar-refractivity contribution in [3.8, 4) is 11.1 Å². The van der Waals surface area contributed by atoms with E-state index in [4.69, 9.17) is 5.73 Å². The first-order valence-electron chi connectivity index (χ1n) is 6.93. The maximum absolute atomic E-state index is 12.1. The SMILES string of the molecule is Nc1ncc(-c2ccsc2)c(NC2CCCCNC2=O)n1. The smallest absolute Gasteiger partial charge is 0.242 e. The molecule has 1 atom stereocenters. The molecule has 3 heterocycles. The second kappa shape index (κ2) is 6.09. The highest BCUT2D eigenvalue weighted by Crippen LogP contribution is 2.29. The number of anilines is 2. The number of thiophene rings is 1. The van der Waals surface area contributed by atoms with Crippen molar-refractivity contribution in [2.75, 3.05) is 17.6 Å². The van der Waals surface area contributed by atoms with Gasteiger partial charge < -0.3 is 16.4 Å². The number of nitrogens with two attached hydrogens (primary N) is 1. The van der Waals surface area contributed by atoms with Crippen LogP contribution in [0, 0.1) is 0 Å². The van der Waals surface area contributed by atoms with Gasteiger partial charge in [-0.1, -0.05) is 0 Å². The molecule has 4 N–H and O–H groups in total. The molecule has 0 radical (unpaired) electrons. The van der Waals surface area contributed by atoms with Gasteiger partial charge in [0.05, 0.1) is 0 Å². The first kappa shape index (κ1) is 13.8. The van der Waals surface area contributed by atoms with Gasteiger partial charge in [0.2, 0.25) is 11.9 Å². The monoisotopic (exact) mass is 303 g/mol. The zero-order valence-electron chi connectivity index (χ0n) is 11.5. The zero-order chi connectivity index (χ0) is 14.7. The summed E-state index contributed by atoms with van der Waals surface area (Å²) in [5.41, 5.74) is 7.58. The predicted molar refractivity (Wildman–Crippen MR) is 84.0 cm³/mol. The topological polar surface area (TPSA) is 92.9 Å². The fourth-order valence-corrected chi connectivity index (χ4v) is 3.03. The summed E-state index contributed by atoms with van der Waals surface area (Å²) in [5.74, 6) is 0.828. The summed E-state index contributed by atoms with van der Waals surface area (Å²) in [6.45, 7) is 0.736. The largest absolute Gasteiger partial charge is 0.368 e. The van der Waals surface area contributed by atoms with E-state index in [0.29, 0.717) is 5.82 Å². The van der Waals surface area contributed by atoms with Crippen molar-refractivity contribution in [3.05, 3.63) is 23.0 Å². The summed E-state index contributed by atoms with van der Waals surface area (Å²) in [7, 11) is 0. The number of nitrogens with one attached hydrogen (secondary N) is 2. The first-order chi connectivity index (χ1) is 10.2. The summed E-state index contributed by atoms with van der Waals surface area (Å²) in [6, 6.07) is 1.72. The van der Waals surface area contributed by atoms with E-state index in [9.17, 15) is 4.79 Å². The molecular weight excluding hydrogens is 286 g/mol. The molecule has 0 bridgehead atoms. The molecule has 1 fully saturated rings. The lowest BCUT2D eigenvalue weighted by Gasteiger charge is -2.18. The molecule has 3 rings (SSSR count). The van der Waals surface area contributed by atoms with Gasteiger partial charge in [-0.15, -0.1) is 0 Å². The van der Waals surface area contributed by atoms with Crippen LogP contribution in [-0.2, 0) is 4.79 Å². The summed E-state index contributed by atoms with van der Waals surface area (Å²) in [4.78, 5) is 20.4. The lowest BCUT2D eigenvalue weighted by atomic mass is 10.1. The Bertz CT molecular complexity index is 628. The third-order valence-corrected chi connectivity index (χ3v) is 4.17. The van der Waals surface area contributed by atoms with E-state index < -0.39 is 0 Å². The number of carbonyl (C=O) groups is 1. The van der Waals surface area contributed by atoms with Crippen molar-refractivity contribution in [1.82, 2.24) is 15.3 Å². The fourth-order valence-electron chi connectivity index (χ4n) is 2.38. The quantitative estimate of drug-likeness (QED) is 0.805. The van der Waals surface area contributed by atoms with Crippen LogP contribution in [0.5, 0.6) is 0 Å². The van der Waals surface area contributed by atoms with Crippen molar-refractivity contribution in [3.63, 3.8) is 0 Å². The number of nitrogens with zero attached hydrogens (tertiary/aromatic N) is 2. The Morgan fingerprint density at radius 3 is 3.14 bits per heavy atom. The third-order valence-electron chi connectivity index (χ3n) is 3.49. The van der Waals surface area contributed by atoms with Crippen LogP contribution in [0.2, 0.25) is 0 Å². The molecule has 6 nitrogen and oxygen atoms in total.